The van der Waals surface area contributed by atoms with Gasteiger partial charge in [0.05, 0.1) is 4.90 Å². The van der Waals surface area contributed by atoms with E-state index in [2.05, 4.69) is 10.0 Å². The van der Waals surface area contributed by atoms with Gasteiger partial charge in [0.1, 0.15) is 5.82 Å². The Morgan fingerprint density at radius 3 is 2.32 bits per heavy atom. The van der Waals surface area contributed by atoms with Gasteiger partial charge in [-0.3, -0.25) is 4.79 Å². The van der Waals surface area contributed by atoms with Crippen molar-refractivity contribution >= 4 is 27.7 Å². The van der Waals surface area contributed by atoms with E-state index < -0.39 is 15.9 Å². The number of rotatable bonds is 8. The lowest BCUT2D eigenvalue weighted by atomic mass is 9.93. The molecule has 0 heterocycles. The summed E-state index contributed by atoms with van der Waals surface area (Å²) in [5.74, 6) is -0.947. The van der Waals surface area contributed by atoms with Crippen molar-refractivity contribution in [1.82, 2.24) is 4.72 Å². The summed E-state index contributed by atoms with van der Waals surface area (Å²) in [5.41, 5.74) is 4.95. The van der Waals surface area contributed by atoms with E-state index >= 15 is 4.39 Å². The van der Waals surface area contributed by atoms with Crippen LogP contribution in [0.4, 0.5) is 10.1 Å². The smallest absolute Gasteiger partial charge is 0.264 e. The molecule has 1 aliphatic carbocycles. The van der Waals surface area contributed by atoms with Crippen LogP contribution in [-0.2, 0) is 14.8 Å². The summed E-state index contributed by atoms with van der Waals surface area (Å²) in [7, 11) is -3.97. The third-order valence-electron chi connectivity index (χ3n) is 6.88. The highest BCUT2D eigenvalue weighted by molar-refractivity contribution is 7.90. The second-order valence-electron chi connectivity index (χ2n) is 9.61. The molecule has 7 heteroatoms. The van der Waals surface area contributed by atoms with Crippen LogP contribution in [0, 0.1) is 19.7 Å². The SMILES string of the molecule is CCC(=Cc1cc(C)c(-c2ccc(NC3CCCC3)cc2F)cc1C)C(=O)NS(=O)(=O)c1ccccc1. The number of halogens is 1. The lowest BCUT2D eigenvalue weighted by Crippen LogP contribution is -2.31. The highest BCUT2D eigenvalue weighted by Gasteiger charge is 2.20. The molecule has 1 fully saturated rings. The molecule has 4 rings (SSSR count). The normalized spacial score (nSPS) is 14.5. The van der Waals surface area contributed by atoms with E-state index in [0.717, 1.165) is 40.8 Å². The van der Waals surface area contributed by atoms with Gasteiger partial charge in [0, 0.05) is 22.9 Å². The van der Waals surface area contributed by atoms with Crippen molar-refractivity contribution in [1.29, 1.82) is 0 Å². The summed E-state index contributed by atoms with van der Waals surface area (Å²) in [6.07, 6.45) is 6.70. The van der Waals surface area contributed by atoms with Crippen molar-refractivity contribution in [2.45, 2.75) is 63.8 Å². The summed E-state index contributed by atoms with van der Waals surface area (Å²) >= 11 is 0. The van der Waals surface area contributed by atoms with Crippen molar-refractivity contribution in [2.75, 3.05) is 5.32 Å². The van der Waals surface area contributed by atoms with E-state index in [1.54, 1.807) is 37.3 Å². The minimum Gasteiger partial charge on any atom is -0.382 e. The molecule has 0 aromatic heterocycles. The zero-order valence-electron chi connectivity index (χ0n) is 21.5. The first-order valence-corrected chi connectivity index (χ1v) is 14.2. The van der Waals surface area contributed by atoms with Gasteiger partial charge in [0.2, 0.25) is 0 Å². The highest BCUT2D eigenvalue weighted by Crippen LogP contribution is 2.32. The van der Waals surface area contributed by atoms with Crippen LogP contribution in [0.2, 0.25) is 0 Å². The summed E-state index contributed by atoms with van der Waals surface area (Å²) in [6, 6.07) is 17.3. The van der Waals surface area contributed by atoms with Gasteiger partial charge in [0.15, 0.2) is 0 Å². The number of carbonyl (C=O) groups excluding carboxylic acids is 1. The molecule has 0 radical (unpaired) electrons. The summed E-state index contributed by atoms with van der Waals surface area (Å²) in [4.78, 5) is 12.9. The molecule has 3 aromatic rings. The van der Waals surface area contributed by atoms with Gasteiger partial charge in [-0.1, -0.05) is 50.1 Å². The zero-order valence-corrected chi connectivity index (χ0v) is 22.3. The van der Waals surface area contributed by atoms with Gasteiger partial charge >= 0.3 is 0 Å². The monoisotopic (exact) mass is 520 g/mol. The molecule has 2 N–H and O–H groups in total. The highest BCUT2D eigenvalue weighted by atomic mass is 32.2. The molecule has 0 bridgehead atoms. The quantitative estimate of drug-likeness (QED) is 0.322. The second-order valence-corrected chi connectivity index (χ2v) is 11.3. The van der Waals surface area contributed by atoms with E-state index in [0.29, 0.717) is 23.6 Å². The minimum atomic E-state index is -3.97. The Labute approximate surface area is 218 Å². The molecule has 5 nitrogen and oxygen atoms in total. The van der Waals surface area contributed by atoms with E-state index in [9.17, 15) is 13.2 Å². The van der Waals surface area contributed by atoms with E-state index in [1.165, 1.54) is 25.0 Å². The third kappa shape index (κ3) is 6.28. The van der Waals surface area contributed by atoms with Gasteiger partial charge < -0.3 is 5.32 Å². The molecule has 37 heavy (non-hydrogen) atoms. The van der Waals surface area contributed by atoms with Crippen molar-refractivity contribution in [3.05, 3.63) is 88.7 Å². The molecule has 0 saturated heterocycles. The molecular formula is C30H33FN2O3S. The van der Waals surface area contributed by atoms with Crippen LogP contribution in [-0.4, -0.2) is 20.4 Å². The maximum absolute atomic E-state index is 15.1. The molecule has 1 saturated carbocycles. The van der Waals surface area contributed by atoms with Gasteiger partial charge in [-0.05, 0) is 91.8 Å². The Morgan fingerprint density at radius 1 is 0.973 bits per heavy atom. The molecule has 0 unspecified atom stereocenters. The van der Waals surface area contributed by atoms with Gasteiger partial charge in [-0.15, -0.1) is 0 Å². The number of nitrogens with one attached hydrogen (secondary N) is 2. The molecule has 0 spiro atoms. The standard InChI is InChI=1S/C30H33FN2O3S/c1-4-22(30(34)33-37(35,36)26-12-6-5-7-13-26)18-23-16-21(3)28(17-20(23)2)27-15-14-25(19-29(27)31)32-24-10-8-9-11-24/h5-7,12-19,24,32H,4,8-11H2,1-3H3,(H,33,34). The van der Waals surface area contributed by atoms with Crippen LogP contribution in [0.3, 0.4) is 0 Å². The average molecular weight is 521 g/mol. The Morgan fingerprint density at radius 2 is 1.68 bits per heavy atom. The molecule has 3 aromatic carbocycles. The molecule has 1 aliphatic rings. The van der Waals surface area contributed by atoms with Crippen molar-refractivity contribution in [3.63, 3.8) is 0 Å². The van der Waals surface area contributed by atoms with Crippen molar-refractivity contribution in [3.8, 4) is 11.1 Å². The Balaban J connectivity index is 1.57. The summed E-state index contributed by atoms with van der Waals surface area (Å²) in [5, 5.41) is 3.43. The number of benzene rings is 3. The van der Waals surface area contributed by atoms with Gasteiger partial charge in [-0.25, -0.2) is 17.5 Å². The lowest BCUT2D eigenvalue weighted by molar-refractivity contribution is -0.115. The molecule has 0 aliphatic heterocycles. The number of sulfonamides is 1. The Hall–Kier alpha value is -3.45. The first-order chi connectivity index (χ1) is 17.7. The Bertz CT molecular complexity index is 1430. The number of aryl methyl sites for hydroxylation is 2. The maximum atomic E-state index is 15.1. The largest absolute Gasteiger partial charge is 0.382 e. The fourth-order valence-electron chi connectivity index (χ4n) is 4.78. The molecular weight excluding hydrogens is 487 g/mol. The third-order valence-corrected chi connectivity index (χ3v) is 8.23. The number of carbonyl (C=O) groups is 1. The zero-order chi connectivity index (χ0) is 26.6. The number of hydrogen-bond donors (Lipinski definition) is 2. The summed E-state index contributed by atoms with van der Waals surface area (Å²) in [6.45, 7) is 5.60. The number of hydrogen-bond acceptors (Lipinski definition) is 4. The van der Waals surface area contributed by atoms with Crippen molar-refractivity contribution < 1.29 is 17.6 Å². The van der Waals surface area contributed by atoms with Crippen LogP contribution in [0.1, 0.15) is 55.7 Å². The first-order valence-electron chi connectivity index (χ1n) is 12.7. The first kappa shape index (κ1) is 26.6. The fraction of sp³-hybridized carbons (Fsp3) is 0.300. The van der Waals surface area contributed by atoms with E-state index in [-0.39, 0.29) is 10.7 Å². The predicted molar refractivity (Wildman–Crippen MR) is 147 cm³/mol. The fourth-order valence-corrected chi connectivity index (χ4v) is 5.78. The van der Waals surface area contributed by atoms with Crippen LogP contribution in [0.15, 0.2) is 71.1 Å². The van der Waals surface area contributed by atoms with Crippen LogP contribution >= 0.6 is 0 Å². The molecule has 1 amide bonds. The van der Waals surface area contributed by atoms with Crippen molar-refractivity contribution in [2.24, 2.45) is 0 Å². The number of anilines is 1. The predicted octanol–water partition coefficient (Wildman–Crippen LogP) is 6.76. The summed E-state index contributed by atoms with van der Waals surface area (Å²) < 4.78 is 42.5. The Kier molecular flexibility index (Phi) is 8.13. The maximum Gasteiger partial charge on any atom is 0.264 e. The average Bonchev–Trinajstić information content (AvgIpc) is 3.38. The van der Waals surface area contributed by atoms with Gasteiger partial charge in [0.25, 0.3) is 15.9 Å². The molecule has 0 atom stereocenters. The van der Waals surface area contributed by atoms with E-state index in [1.807, 2.05) is 38.1 Å². The van der Waals surface area contributed by atoms with Gasteiger partial charge in [-0.2, -0.15) is 0 Å². The van der Waals surface area contributed by atoms with Crippen LogP contribution in [0.25, 0.3) is 17.2 Å². The number of amides is 1. The van der Waals surface area contributed by atoms with E-state index in [4.69, 9.17) is 0 Å². The lowest BCUT2D eigenvalue weighted by Gasteiger charge is -2.16. The topological polar surface area (TPSA) is 75.3 Å². The van der Waals surface area contributed by atoms with Crippen LogP contribution < -0.4 is 10.0 Å². The van der Waals surface area contributed by atoms with Crippen LogP contribution in [0.5, 0.6) is 0 Å². The second kappa shape index (κ2) is 11.3. The molecule has 194 valence electrons. The minimum absolute atomic E-state index is 0.0293.